The predicted molar refractivity (Wildman–Crippen MR) is 89.3 cm³/mol. The van der Waals surface area contributed by atoms with E-state index >= 15 is 0 Å². The second kappa shape index (κ2) is 8.58. The molecule has 0 bridgehead atoms. The monoisotopic (exact) mass is 382 g/mol. The molecule has 0 aromatic heterocycles. The molecule has 4 N–H and O–H groups in total. The third-order valence-corrected chi connectivity index (χ3v) is 8.59. The van der Waals surface area contributed by atoms with Crippen molar-refractivity contribution in [3.05, 3.63) is 35.9 Å². The van der Waals surface area contributed by atoms with Crippen LogP contribution in [-0.2, 0) is 20.3 Å². The van der Waals surface area contributed by atoms with Gasteiger partial charge in [-0.3, -0.25) is 13.9 Å². The maximum Gasteiger partial charge on any atom is 0.341 e. The van der Waals surface area contributed by atoms with Crippen LogP contribution in [0.15, 0.2) is 30.3 Å². The van der Waals surface area contributed by atoms with Gasteiger partial charge in [0, 0.05) is 12.2 Å². The van der Waals surface area contributed by atoms with Crippen LogP contribution >= 0.6 is 27.0 Å². The molecule has 0 spiro atoms. The highest BCUT2D eigenvalue weighted by molar-refractivity contribution is 8.14. The quantitative estimate of drug-likeness (QED) is 0.504. The van der Waals surface area contributed by atoms with E-state index in [4.69, 9.17) is 0 Å². The number of hydrogen-bond donors (Lipinski definition) is 4. The summed E-state index contributed by atoms with van der Waals surface area (Å²) in [6, 6.07) is 9.33. The van der Waals surface area contributed by atoms with Gasteiger partial charge in [0.1, 0.15) is 0 Å². The highest BCUT2D eigenvalue weighted by Gasteiger charge is 2.49. The van der Waals surface area contributed by atoms with Crippen LogP contribution in [0.2, 0.25) is 0 Å². The van der Waals surface area contributed by atoms with Crippen molar-refractivity contribution in [1.82, 2.24) is 0 Å². The lowest BCUT2D eigenvalue weighted by atomic mass is 10.1. The van der Waals surface area contributed by atoms with E-state index in [9.17, 15) is 33.5 Å². The smallest absolute Gasteiger partial charge is 0.324 e. The number of benzene rings is 1. The minimum atomic E-state index is -5.06. The molecule has 0 aliphatic carbocycles. The van der Waals surface area contributed by atoms with E-state index in [2.05, 4.69) is 0 Å². The Kier molecular flexibility index (Phi) is 7.68. The van der Waals surface area contributed by atoms with E-state index < -0.39 is 31.0 Å². The normalized spacial score (nSPS) is 14.0. The number of thioether (sulfide) groups is 1. The fraction of sp³-hybridized carbons (Fsp3) is 0.462. The summed E-state index contributed by atoms with van der Waals surface area (Å²) in [7, 11) is -10.1. The largest absolute Gasteiger partial charge is 0.341 e. The first-order valence-electron chi connectivity index (χ1n) is 6.83. The van der Waals surface area contributed by atoms with Gasteiger partial charge >= 0.3 is 15.2 Å². The predicted octanol–water partition coefficient (Wildman–Crippen LogP) is 2.34. The highest BCUT2D eigenvalue weighted by atomic mass is 32.2. The Hall–Kier alpha value is -0.460. The Labute approximate surface area is 138 Å². The SMILES string of the molecule is CC(=O)SC(CCCc1ccccc1)C(P(=O)(O)O)P(=O)(O)O. The fourth-order valence-electron chi connectivity index (χ4n) is 2.26. The van der Waals surface area contributed by atoms with Crippen molar-refractivity contribution in [1.29, 1.82) is 0 Å². The molecule has 0 saturated heterocycles. The van der Waals surface area contributed by atoms with Crippen LogP contribution in [0.4, 0.5) is 0 Å². The van der Waals surface area contributed by atoms with E-state index in [-0.39, 0.29) is 6.42 Å². The van der Waals surface area contributed by atoms with Crippen molar-refractivity contribution in [3.8, 4) is 0 Å². The fourth-order valence-corrected chi connectivity index (χ4v) is 7.14. The van der Waals surface area contributed by atoms with Gasteiger partial charge in [0.25, 0.3) is 0 Å². The Morgan fingerprint density at radius 2 is 1.61 bits per heavy atom. The molecule has 1 rings (SSSR count). The summed E-state index contributed by atoms with van der Waals surface area (Å²) in [5.74, 6) is 0. The molecule has 1 aromatic rings. The summed E-state index contributed by atoms with van der Waals surface area (Å²) in [6.45, 7) is 1.20. The molecule has 23 heavy (non-hydrogen) atoms. The minimum absolute atomic E-state index is 0.111. The molecule has 10 heteroatoms. The number of carbonyl (C=O) groups excluding carboxylic acids is 1. The first-order chi connectivity index (χ1) is 10.5. The third-order valence-electron chi connectivity index (χ3n) is 3.14. The van der Waals surface area contributed by atoms with Crippen LogP contribution < -0.4 is 0 Å². The molecule has 1 unspecified atom stereocenters. The van der Waals surface area contributed by atoms with Gasteiger partial charge in [-0.15, -0.1) is 0 Å². The Bertz CT molecular complexity index is 588. The lowest BCUT2D eigenvalue weighted by Crippen LogP contribution is -2.25. The molecule has 0 fully saturated rings. The van der Waals surface area contributed by atoms with Crippen LogP contribution in [-0.4, -0.2) is 35.3 Å². The highest BCUT2D eigenvalue weighted by Crippen LogP contribution is 2.63. The van der Waals surface area contributed by atoms with Crippen molar-refractivity contribution >= 4 is 32.1 Å². The van der Waals surface area contributed by atoms with Crippen molar-refractivity contribution in [3.63, 3.8) is 0 Å². The number of aryl methyl sites for hydroxylation is 1. The second-order valence-electron chi connectivity index (χ2n) is 5.12. The van der Waals surface area contributed by atoms with Crippen molar-refractivity contribution in [2.75, 3.05) is 0 Å². The molecule has 0 saturated carbocycles. The zero-order valence-electron chi connectivity index (χ0n) is 12.5. The van der Waals surface area contributed by atoms with Gasteiger partial charge in [0.05, 0.1) is 0 Å². The van der Waals surface area contributed by atoms with Crippen LogP contribution in [0.1, 0.15) is 25.3 Å². The Morgan fingerprint density at radius 3 is 2.04 bits per heavy atom. The van der Waals surface area contributed by atoms with Gasteiger partial charge in [-0.1, -0.05) is 42.1 Å². The molecular formula is C13H20O7P2S. The van der Waals surface area contributed by atoms with Crippen LogP contribution in [0.5, 0.6) is 0 Å². The van der Waals surface area contributed by atoms with Gasteiger partial charge in [-0.05, 0) is 24.8 Å². The summed E-state index contributed by atoms with van der Waals surface area (Å²) in [5.41, 5.74) is 1.00. The zero-order chi connectivity index (χ0) is 17.7. The summed E-state index contributed by atoms with van der Waals surface area (Å²) < 4.78 is 23.0. The second-order valence-corrected chi connectivity index (χ2v) is 10.4. The van der Waals surface area contributed by atoms with E-state index in [1.807, 2.05) is 30.3 Å². The van der Waals surface area contributed by atoms with Crippen LogP contribution in [0.25, 0.3) is 0 Å². The van der Waals surface area contributed by atoms with E-state index in [1.54, 1.807) is 0 Å². The molecular weight excluding hydrogens is 362 g/mol. The molecule has 0 heterocycles. The Morgan fingerprint density at radius 1 is 1.09 bits per heavy atom. The average molecular weight is 382 g/mol. The standard InChI is InChI=1S/C13H20O7P2S/c1-10(14)23-12(13(21(15,16)17)22(18,19)20)9-5-8-11-6-3-2-4-7-11/h2-4,6-7,12-13H,5,8-9H2,1H3,(H2,15,16,17)(H2,18,19,20). The molecule has 0 radical (unpaired) electrons. The van der Waals surface area contributed by atoms with Crippen molar-refractivity contribution in [2.45, 2.75) is 36.8 Å². The number of carbonyl (C=O) groups is 1. The van der Waals surface area contributed by atoms with Crippen molar-refractivity contribution in [2.24, 2.45) is 0 Å². The lowest BCUT2D eigenvalue weighted by molar-refractivity contribution is -0.109. The van der Waals surface area contributed by atoms with E-state index in [0.29, 0.717) is 24.6 Å². The summed E-state index contributed by atoms with van der Waals surface area (Å²) in [6.07, 6.45) is 1.15. The average Bonchev–Trinajstić information content (AvgIpc) is 2.35. The van der Waals surface area contributed by atoms with Gasteiger partial charge in [0.2, 0.25) is 0 Å². The summed E-state index contributed by atoms with van der Waals surface area (Å²) in [5, 5.41) is -3.75. The van der Waals surface area contributed by atoms with Gasteiger partial charge in [-0.2, -0.15) is 0 Å². The molecule has 130 valence electrons. The molecule has 1 aromatic carbocycles. The van der Waals surface area contributed by atoms with E-state index in [0.717, 1.165) is 5.56 Å². The topological polar surface area (TPSA) is 132 Å². The maximum absolute atomic E-state index is 11.5. The minimum Gasteiger partial charge on any atom is -0.324 e. The number of hydrogen-bond acceptors (Lipinski definition) is 4. The number of rotatable bonds is 8. The van der Waals surface area contributed by atoms with Crippen molar-refractivity contribution < 1.29 is 33.5 Å². The van der Waals surface area contributed by atoms with Gasteiger partial charge in [0.15, 0.2) is 10.5 Å². The first kappa shape index (κ1) is 20.6. The molecule has 0 aliphatic heterocycles. The molecule has 0 amide bonds. The summed E-state index contributed by atoms with van der Waals surface area (Å²) >= 11 is 0.573. The zero-order valence-corrected chi connectivity index (χ0v) is 15.1. The maximum atomic E-state index is 11.5. The molecule has 1 atom stereocenters. The molecule has 0 aliphatic rings. The summed E-state index contributed by atoms with van der Waals surface area (Å²) in [4.78, 5) is 48.5. The molecule has 7 nitrogen and oxygen atoms in total. The first-order valence-corrected chi connectivity index (χ1v) is 11.1. The van der Waals surface area contributed by atoms with Crippen LogP contribution in [0.3, 0.4) is 0 Å². The lowest BCUT2D eigenvalue weighted by Gasteiger charge is -2.27. The van der Waals surface area contributed by atoms with E-state index in [1.165, 1.54) is 6.92 Å². The third kappa shape index (κ3) is 7.31. The van der Waals surface area contributed by atoms with Gasteiger partial charge < -0.3 is 19.6 Å². The Balaban J connectivity index is 2.87. The van der Waals surface area contributed by atoms with Crippen LogP contribution in [0, 0.1) is 0 Å². The van der Waals surface area contributed by atoms with Gasteiger partial charge in [-0.25, -0.2) is 0 Å².